The predicted octanol–water partition coefficient (Wildman–Crippen LogP) is 4.53. The Bertz CT molecular complexity index is 1220. The van der Waals surface area contributed by atoms with Crippen LogP contribution in [0.5, 0.6) is 11.5 Å². The lowest BCUT2D eigenvalue weighted by atomic mass is 10.1. The van der Waals surface area contributed by atoms with Crippen molar-refractivity contribution in [3.8, 4) is 28.4 Å². The first kappa shape index (κ1) is 21.4. The summed E-state index contributed by atoms with van der Waals surface area (Å²) in [7, 11) is 3.17. The Kier molecular flexibility index (Phi) is 6.37. The van der Waals surface area contributed by atoms with Crippen LogP contribution in [0.25, 0.3) is 16.9 Å². The van der Waals surface area contributed by atoms with E-state index in [1.54, 1.807) is 55.6 Å². The maximum Gasteiger partial charge on any atom is 0.270 e. The number of amides is 1. The van der Waals surface area contributed by atoms with Crippen LogP contribution in [0, 0.1) is 0 Å². The Hall–Kier alpha value is -3.84. The number of hydrogen-bond donors (Lipinski definition) is 1. The molecular formula is C24H21ClN4O3. The normalized spacial score (nSPS) is 10.6. The van der Waals surface area contributed by atoms with Crippen LogP contribution in [0.2, 0.25) is 5.02 Å². The molecule has 0 aliphatic carbocycles. The Morgan fingerprint density at radius 2 is 1.88 bits per heavy atom. The topological polar surface area (TPSA) is 78.3 Å². The first-order chi connectivity index (χ1) is 15.6. The highest BCUT2D eigenvalue weighted by Gasteiger charge is 2.20. The van der Waals surface area contributed by atoms with E-state index in [4.69, 9.17) is 26.2 Å². The van der Waals surface area contributed by atoms with Crippen LogP contribution in [0.15, 0.2) is 73.1 Å². The fourth-order valence-electron chi connectivity index (χ4n) is 3.24. The third kappa shape index (κ3) is 4.58. The molecule has 1 N–H and O–H groups in total. The van der Waals surface area contributed by atoms with Gasteiger partial charge < -0.3 is 14.8 Å². The highest BCUT2D eigenvalue weighted by molar-refractivity contribution is 6.30. The number of carbonyl (C=O) groups excluding carboxylic acids is 1. The number of ether oxygens (including phenoxy) is 2. The molecule has 4 aromatic rings. The summed E-state index contributed by atoms with van der Waals surface area (Å²) in [5, 5.41) is 8.23. The molecule has 0 fully saturated rings. The predicted molar refractivity (Wildman–Crippen MR) is 123 cm³/mol. The first-order valence-corrected chi connectivity index (χ1v) is 10.2. The number of methoxy groups -OCH3 is 2. The second kappa shape index (κ2) is 9.53. The Morgan fingerprint density at radius 3 is 2.56 bits per heavy atom. The summed E-state index contributed by atoms with van der Waals surface area (Å²) in [5.74, 6) is 0.986. The van der Waals surface area contributed by atoms with E-state index >= 15 is 0 Å². The molecule has 162 valence electrons. The van der Waals surface area contributed by atoms with Crippen LogP contribution in [0.3, 0.4) is 0 Å². The van der Waals surface area contributed by atoms with Gasteiger partial charge in [0.25, 0.3) is 5.91 Å². The van der Waals surface area contributed by atoms with Crippen molar-refractivity contribution in [3.63, 3.8) is 0 Å². The van der Waals surface area contributed by atoms with Gasteiger partial charge in [0.2, 0.25) is 0 Å². The Balaban J connectivity index is 1.73. The number of carbonyl (C=O) groups is 1. The summed E-state index contributed by atoms with van der Waals surface area (Å²) < 4.78 is 12.4. The van der Waals surface area contributed by atoms with Gasteiger partial charge in [-0.3, -0.25) is 9.78 Å². The molecule has 0 unspecified atom stereocenters. The zero-order valence-electron chi connectivity index (χ0n) is 17.6. The van der Waals surface area contributed by atoms with E-state index in [1.807, 2.05) is 36.4 Å². The molecule has 8 heteroatoms. The van der Waals surface area contributed by atoms with Crippen molar-refractivity contribution in [2.24, 2.45) is 0 Å². The van der Waals surface area contributed by atoms with Crippen LogP contribution in [-0.4, -0.2) is 34.9 Å². The number of halogens is 1. The molecule has 2 aromatic heterocycles. The number of rotatable bonds is 7. The average molecular weight is 449 g/mol. The smallest absolute Gasteiger partial charge is 0.270 e. The number of aromatic nitrogens is 3. The van der Waals surface area contributed by atoms with Crippen molar-refractivity contribution in [1.29, 1.82) is 0 Å². The summed E-state index contributed by atoms with van der Waals surface area (Å²) in [6, 6.07) is 18.0. The minimum atomic E-state index is -0.268. The summed E-state index contributed by atoms with van der Waals surface area (Å²) in [6.45, 7) is 0.347. The molecule has 4 rings (SSSR count). The highest BCUT2D eigenvalue weighted by Crippen LogP contribution is 2.33. The SMILES string of the molecule is COc1ccc(-c2cc(C(=O)NCc3cccnc3)n(-c3ccc(Cl)cc3)n2)c(OC)c1. The molecule has 0 bridgehead atoms. The monoisotopic (exact) mass is 448 g/mol. The Morgan fingerprint density at radius 1 is 1.06 bits per heavy atom. The molecule has 0 aliphatic heterocycles. The zero-order valence-corrected chi connectivity index (χ0v) is 18.3. The molecular weight excluding hydrogens is 428 g/mol. The lowest BCUT2D eigenvalue weighted by molar-refractivity contribution is 0.0943. The summed E-state index contributed by atoms with van der Waals surface area (Å²) in [4.78, 5) is 17.2. The van der Waals surface area contributed by atoms with Crippen LogP contribution in [0.1, 0.15) is 16.1 Å². The highest BCUT2D eigenvalue weighted by atomic mass is 35.5. The number of benzene rings is 2. The van der Waals surface area contributed by atoms with E-state index in [1.165, 1.54) is 0 Å². The van der Waals surface area contributed by atoms with Crippen LogP contribution >= 0.6 is 11.6 Å². The molecule has 7 nitrogen and oxygen atoms in total. The van der Waals surface area contributed by atoms with E-state index in [2.05, 4.69) is 10.3 Å². The number of nitrogens with one attached hydrogen (secondary N) is 1. The third-order valence-corrected chi connectivity index (χ3v) is 5.13. The van der Waals surface area contributed by atoms with E-state index in [0.29, 0.717) is 40.1 Å². The van der Waals surface area contributed by atoms with Gasteiger partial charge in [-0.15, -0.1) is 0 Å². The van der Waals surface area contributed by atoms with Gasteiger partial charge in [-0.05, 0) is 54.1 Å². The number of hydrogen-bond acceptors (Lipinski definition) is 5. The van der Waals surface area contributed by atoms with Crippen molar-refractivity contribution in [3.05, 3.63) is 89.3 Å². The average Bonchev–Trinajstić information content (AvgIpc) is 3.28. The standard InChI is InChI=1S/C24H21ClN4O3/c1-31-19-9-10-20(23(12-19)32-2)21-13-22(24(30)27-15-16-4-3-11-26-14-16)29(28-21)18-7-5-17(25)6-8-18/h3-14H,15H2,1-2H3,(H,27,30). The second-order valence-electron chi connectivity index (χ2n) is 6.91. The minimum Gasteiger partial charge on any atom is -0.497 e. The summed E-state index contributed by atoms with van der Waals surface area (Å²) in [6.07, 6.45) is 3.40. The lowest BCUT2D eigenvalue weighted by Crippen LogP contribution is -2.25. The molecule has 1 amide bonds. The van der Waals surface area contributed by atoms with E-state index in [0.717, 1.165) is 11.1 Å². The molecule has 0 spiro atoms. The van der Waals surface area contributed by atoms with E-state index in [9.17, 15) is 4.79 Å². The van der Waals surface area contributed by atoms with Crippen LogP contribution < -0.4 is 14.8 Å². The van der Waals surface area contributed by atoms with Gasteiger partial charge >= 0.3 is 0 Å². The van der Waals surface area contributed by atoms with Crippen molar-refractivity contribution < 1.29 is 14.3 Å². The summed E-state index contributed by atoms with van der Waals surface area (Å²) >= 11 is 6.05. The first-order valence-electron chi connectivity index (χ1n) is 9.84. The van der Waals surface area contributed by atoms with Crippen molar-refractivity contribution in [2.45, 2.75) is 6.54 Å². The van der Waals surface area contributed by atoms with Gasteiger partial charge in [-0.1, -0.05) is 17.7 Å². The van der Waals surface area contributed by atoms with Crippen LogP contribution in [-0.2, 0) is 6.54 Å². The second-order valence-corrected chi connectivity index (χ2v) is 7.35. The fourth-order valence-corrected chi connectivity index (χ4v) is 3.37. The molecule has 0 aliphatic rings. The van der Waals surface area contributed by atoms with Crippen molar-refractivity contribution in [1.82, 2.24) is 20.1 Å². The molecule has 0 atom stereocenters. The number of pyridine rings is 1. The largest absolute Gasteiger partial charge is 0.497 e. The molecule has 0 saturated heterocycles. The van der Waals surface area contributed by atoms with E-state index in [-0.39, 0.29) is 5.91 Å². The van der Waals surface area contributed by atoms with Crippen molar-refractivity contribution >= 4 is 17.5 Å². The summed E-state index contributed by atoms with van der Waals surface area (Å²) in [5.41, 5.74) is 3.31. The van der Waals surface area contributed by atoms with Gasteiger partial charge in [0, 0.05) is 35.6 Å². The van der Waals surface area contributed by atoms with Gasteiger partial charge in [0.15, 0.2) is 0 Å². The molecule has 0 radical (unpaired) electrons. The Labute approximate surface area is 190 Å². The minimum absolute atomic E-state index is 0.268. The van der Waals surface area contributed by atoms with Gasteiger partial charge in [-0.25, -0.2) is 4.68 Å². The van der Waals surface area contributed by atoms with Gasteiger partial charge in [0.05, 0.1) is 25.6 Å². The maximum absolute atomic E-state index is 13.1. The number of nitrogens with zero attached hydrogens (tertiary/aromatic N) is 3. The lowest BCUT2D eigenvalue weighted by Gasteiger charge is -2.09. The van der Waals surface area contributed by atoms with Crippen LogP contribution in [0.4, 0.5) is 0 Å². The van der Waals surface area contributed by atoms with Gasteiger partial charge in [0.1, 0.15) is 17.2 Å². The quantitative estimate of drug-likeness (QED) is 0.449. The third-order valence-electron chi connectivity index (χ3n) is 4.87. The van der Waals surface area contributed by atoms with Crippen molar-refractivity contribution in [2.75, 3.05) is 14.2 Å². The molecule has 2 heterocycles. The van der Waals surface area contributed by atoms with E-state index < -0.39 is 0 Å². The molecule has 2 aromatic carbocycles. The molecule has 0 saturated carbocycles. The zero-order chi connectivity index (χ0) is 22.5. The molecule has 32 heavy (non-hydrogen) atoms. The fraction of sp³-hybridized carbons (Fsp3) is 0.125. The van der Waals surface area contributed by atoms with Gasteiger partial charge in [-0.2, -0.15) is 5.10 Å². The maximum atomic E-state index is 13.1.